The first-order valence-corrected chi connectivity index (χ1v) is 7.47. The molecule has 0 aromatic heterocycles. The third-order valence-corrected chi connectivity index (χ3v) is 4.05. The molecule has 4 nitrogen and oxygen atoms in total. The molecule has 1 saturated heterocycles. The monoisotopic (exact) mass is 275 g/mol. The first kappa shape index (κ1) is 13.4. The number of carbonyl (C=O) groups is 1. The smallest absolute Gasteiger partial charge is 0.227 e. The average Bonchev–Trinajstić information content (AvgIpc) is 3.13. The molecule has 0 bridgehead atoms. The van der Waals surface area contributed by atoms with Gasteiger partial charge >= 0.3 is 0 Å². The molecule has 1 heterocycles. The summed E-state index contributed by atoms with van der Waals surface area (Å²) in [5, 5.41) is 3.02. The van der Waals surface area contributed by atoms with Crippen molar-refractivity contribution in [3.63, 3.8) is 0 Å². The molecular formula is C16H21NO3. The highest BCUT2D eigenvalue weighted by atomic mass is 16.5. The number of para-hydroxylation sites is 2. The molecule has 2 aliphatic rings. The molecule has 108 valence electrons. The van der Waals surface area contributed by atoms with Crippen molar-refractivity contribution < 1.29 is 14.3 Å². The Labute approximate surface area is 119 Å². The third-order valence-electron chi connectivity index (χ3n) is 4.05. The van der Waals surface area contributed by atoms with E-state index in [0.29, 0.717) is 6.61 Å². The number of anilines is 1. The molecule has 2 fully saturated rings. The summed E-state index contributed by atoms with van der Waals surface area (Å²) in [4.78, 5) is 12.2. The second-order valence-electron chi connectivity index (χ2n) is 5.57. The summed E-state index contributed by atoms with van der Waals surface area (Å²) in [6, 6.07) is 7.65. The van der Waals surface area contributed by atoms with Gasteiger partial charge < -0.3 is 14.8 Å². The highest BCUT2D eigenvalue weighted by molar-refractivity contribution is 5.94. The summed E-state index contributed by atoms with van der Waals surface area (Å²) in [5.74, 6) is 1.04. The van der Waals surface area contributed by atoms with Gasteiger partial charge in [0.2, 0.25) is 5.91 Å². The zero-order valence-electron chi connectivity index (χ0n) is 11.6. The van der Waals surface area contributed by atoms with Gasteiger partial charge in [0.1, 0.15) is 11.9 Å². The number of nitrogens with one attached hydrogen (secondary N) is 1. The predicted molar refractivity (Wildman–Crippen MR) is 76.9 cm³/mol. The van der Waals surface area contributed by atoms with Crippen molar-refractivity contribution in [1.82, 2.24) is 0 Å². The molecule has 3 rings (SSSR count). The average molecular weight is 275 g/mol. The van der Waals surface area contributed by atoms with Crippen molar-refractivity contribution >= 4 is 11.6 Å². The van der Waals surface area contributed by atoms with Crippen molar-refractivity contribution in [2.75, 3.05) is 18.5 Å². The van der Waals surface area contributed by atoms with Crippen LogP contribution in [0.4, 0.5) is 5.69 Å². The molecular weight excluding hydrogens is 254 g/mol. The molecule has 1 N–H and O–H groups in total. The minimum absolute atomic E-state index is 0.0968. The van der Waals surface area contributed by atoms with E-state index < -0.39 is 0 Å². The largest absolute Gasteiger partial charge is 0.486 e. The lowest BCUT2D eigenvalue weighted by Crippen LogP contribution is -2.22. The molecule has 1 saturated carbocycles. The molecule has 0 unspecified atom stereocenters. The molecule has 1 aliphatic carbocycles. The Kier molecular flexibility index (Phi) is 4.21. The SMILES string of the molecule is O=C(Nc1ccccc1O[C@@H]1CCOC1)C1CCCC1. The Balaban J connectivity index is 1.66. The minimum atomic E-state index is 0.0968. The zero-order chi connectivity index (χ0) is 13.8. The molecule has 4 heteroatoms. The van der Waals surface area contributed by atoms with Gasteiger partial charge in [0, 0.05) is 12.3 Å². The maximum absolute atomic E-state index is 12.2. The van der Waals surface area contributed by atoms with E-state index >= 15 is 0 Å². The number of hydrogen-bond donors (Lipinski definition) is 1. The minimum Gasteiger partial charge on any atom is -0.486 e. The number of rotatable bonds is 4. The lowest BCUT2D eigenvalue weighted by molar-refractivity contribution is -0.119. The molecule has 1 aliphatic heterocycles. The third kappa shape index (κ3) is 3.12. The summed E-state index contributed by atoms with van der Waals surface area (Å²) < 4.78 is 11.2. The summed E-state index contributed by atoms with van der Waals surface area (Å²) in [5.41, 5.74) is 0.774. The van der Waals surface area contributed by atoms with Crippen molar-refractivity contribution in [1.29, 1.82) is 0 Å². The Morgan fingerprint density at radius 1 is 1.20 bits per heavy atom. The van der Waals surface area contributed by atoms with Crippen LogP contribution in [-0.2, 0) is 9.53 Å². The van der Waals surface area contributed by atoms with Crippen LogP contribution in [0.1, 0.15) is 32.1 Å². The number of benzene rings is 1. The van der Waals surface area contributed by atoms with E-state index in [4.69, 9.17) is 9.47 Å². The summed E-state index contributed by atoms with van der Waals surface area (Å²) >= 11 is 0. The van der Waals surface area contributed by atoms with Crippen molar-refractivity contribution in [3.8, 4) is 5.75 Å². The van der Waals surface area contributed by atoms with Crippen LogP contribution in [0.3, 0.4) is 0 Å². The summed E-state index contributed by atoms with van der Waals surface area (Å²) in [6.45, 7) is 1.38. The Hall–Kier alpha value is -1.55. The molecule has 1 amide bonds. The van der Waals surface area contributed by atoms with Crippen LogP contribution < -0.4 is 10.1 Å². The molecule has 1 aromatic carbocycles. The number of carbonyl (C=O) groups excluding carboxylic acids is 1. The van der Waals surface area contributed by atoms with E-state index in [1.807, 2.05) is 24.3 Å². The van der Waals surface area contributed by atoms with Gasteiger partial charge in [0.05, 0.1) is 18.9 Å². The fourth-order valence-corrected chi connectivity index (χ4v) is 2.88. The van der Waals surface area contributed by atoms with E-state index in [-0.39, 0.29) is 17.9 Å². The lowest BCUT2D eigenvalue weighted by Gasteiger charge is -2.17. The summed E-state index contributed by atoms with van der Waals surface area (Å²) in [7, 11) is 0. The molecule has 0 spiro atoms. The van der Waals surface area contributed by atoms with E-state index in [9.17, 15) is 4.79 Å². The van der Waals surface area contributed by atoms with Gasteiger partial charge in [-0.25, -0.2) is 0 Å². The van der Waals surface area contributed by atoms with Gasteiger partial charge in [0.15, 0.2) is 0 Å². The van der Waals surface area contributed by atoms with E-state index in [1.54, 1.807) is 0 Å². The molecule has 1 aromatic rings. The quantitative estimate of drug-likeness (QED) is 0.919. The van der Waals surface area contributed by atoms with Crippen molar-refractivity contribution in [2.24, 2.45) is 5.92 Å². The van der Waals surface area contributed by atoms with Gasteiger partial charge in [0.25, 0.3) is 0 Å². The Morgan fingerprint density at radius 3 is 2.75 bits per heavy atom. The lowest BCUT2D eigenvalue weighted by atomic mass is 10.1. The van der Waals surface area contributed by atoms with Crippen LogP contribution in [0.2, 0.25) is 0 Å². The highest BCUT2D eigenvalue weighted by Gasteiger charge is 2.24. The fraction of sp³-hybridized carbons (Fsp3) is 0.562. The van der Waals surface area contributed by atoms with Gasteiger partial charge in [-0.05, 0) is 25.0 Å². The van der Waals surface area contributed by atoms with Crippen LogP contribution in [0.5, 0.6) is 5.75 Å². The number of hydrogen-bond acceptors (Lipinski definition) is 3. The van der Waals surface area contributed by atoms with E-state index in [0.717, 1.165) is 50.1 Å². The number of ether oxygens (including phenoxy) is 2. The maximum atomic E-state index is 12.2. The summed E-state index contributed by atoms with van der Waals surface area (Å²) in [6.07, 6.45) is 5.34. The van der Waals surface area contributed by atoms with Gasteiger partial charge in [-0.3, -0.25) is 4.79 Å². The van der Waals surface area contributed by atoms with Gasteiger partial charge in [-0.1, -0.05) is 25.0 Å². The second-order valence-corrected chi connectivity index (χ2v) is 5.57. The topological polar surface area (TPSA) is 47.6 Å². The first-order valence-electron chi connectivity index (χ1n) is 7.47. The Morgan fingerprint density at radius 2 is 2.00 bits per heavy atom. The van der Waals surface area contributed by atoms with Crippen molar-refractivity contribution in [2.45, 2.75) is 38.2 Å². The maximum Gasteiger partial charge on any atom is 0.227 e. The van der Waals surface area contributed by atoms with Gasteiger partial charge in [-0.2, -0.15) is 0 Å². The molecule has 0 radical (unpaired) electrons. The van der Waals surface area contributed by atoms with Crippen LogP contribution in [-0.4, -0.2) is 25.2 Å². The molecule has 1 atom stereocenters. The van der Waals surface area contributed by atoms with Crippen LogP contribution in [0, 0.1) is 5.92 Å². The zero-order valence-corrected chi connectivity index (χ0v) is 11.6. The van der Waals surface area contributed by atoms with E-state index in [2.05, 4.69) is 5.32 Å². The predicted octanol–water partition coefficient (Wildman–Crippen LogP) is 2.98. The standard InChI is InChI=1S/C16H21NO3/c18-16(12-5-1-2-6-12)17-14-7-3-4-8-15(14)20-13-9-10-19-11-13/h3-4,7-8,12-13H,1-2,5-6,9-11H2,(H,17,18)/t13-/m1/s1. The van der Waals surface area contributed by atoms with Gasteiger partial charge in [-0.15, -0.1) is 0 Å². The Bertz CT molecular complexity index is 463. The molecule has 20 heavy (non-hydrogen) atoms. The number of amides is 1. The van der Waals surface area contributed by atoms with Crippen LogP contribution in [0.15, 0.2) is 24.3 Å². The van der Waals surface area contributed by atoms with E-state index in [1.165, 1.54) is 0 Å². The van der Waals surface area contributed by atoms with Crippen LogP contribution in [0.25, 0.3) is 0 Å². The highest BCUT2D eigenvalue weighted by Crippen LogP contribution is 2.30. The van der Waals surface area contributed by atoms with Crippen LogP contribution >= 0.6 is 0 Å². The normalized spacial score (nSPS) is 22.9. The second kappa shape index (κ2) is 6.27. The van der Waals surface area contributed by atoms with Crippen molar-refractivity contribution in [3.05, 3.63) is 24.3 Å². The first-order chi connectivity index (χ1) is 9.83. The fourth-order valence-electron chi connectivity index (χ4n) is 2.88.